The first-order chi connectivity index (χ1) is 8.04. The third kappa shape index (κ3) is 9.43. The van der Waals surface area contributed by atoms with Crippen LogP contribution < -0.4 is 0 Å². The van der Waals surface area contributed by atoms with E-state index in [4.69, 9.17) is 9.47 Å². The normalized spacial score (nSPS) is 12.6. The van der Waals surface area contributed by atoms with Crippen molar-refractivity contribution in [3.05, 3.63) is 24.3 Å². The summed E-state index contributed by atoms with van der Waals surface area (Å²) in [6, 6.07) is 0. The van der Waals surface area contributed by atoms with E-state index in [1.165, 1.54) is 0 Å². The molecule has 2 nitrogen and oxygen atoms in total. The lowest BCUT2D eigenvalue weighted by Gasteiger charge is -2.30. The molecule has 0 spiro atoms. The fourth-order valence-electron chi connectivity index (χ4n) is 1.74. The molecule has 0 aliphatic carbocycles. The summed E-state index contributed by atoms with van der Waals surface area (Å²) in [4.78, 5) is 0. The van der Waals surface area contributed by atoms with E-state index in [-0.39, 0.29) is 11.2 Å². The van der Waals surface area contributed by atoms with Crippen LogP contribution in [0, 0.1) is 0 Å². The van der Waals surface area contributed by atoms with Gasteiger partial charge in [0.15, 0.2) is 0 Å². The molecule has 0 aliphatic heterocycles. The Kier molecular flexibility index (Phi) is 6.87. The lowest BCUT2D eigenvalue weighted by Crippen LogP contribution is -2.31. The Bertz CT molecular complexity index is 287. The lowest BCUT2D eigenvalue weighted by molar-refractivity contribution is -0.0663. The van der Waals surface area contributed by atoms with Crippen molar-refractivity contribution in [1.82, 2.24) is 0 Å². The Labute approximate surface area is 113 Å². The topological polar surface area (TPSA) is 18.5 Å². The number of ether oxygens (including phenoxy) is 2. The largest absolute Gasteiger partial charge is 0.375 e. The molecular weight excluding hydrogens is 224 g/mol. The highest BCUT2D eigenvalue weighted by Gasteiger charge is 2.22. The summed E-state index contributed by atoms with van der Waals surface area (Å²) < 4.78 is 11.7. The standard InChI is InChI=1S/C16H30O2/c1-13(2)11-16(7,8)17-10-9-15(5,6)18-12-14(3)4/h1,3,9-12H2,2,4-8H3. The van der Waals surface area contributed by atoms with Gasteiger partial charge in [0, 0.05) is 0 Å². The smallest absolute Gasteiger partial charge is 0.0678 e. The van der Waals surface area contributed by atoms with Crippen LogP contribution in [0.4, 0.5) is 0 Å². The third-order valence-corrected chi connectivity index (χ3v) is 2.63. The van der Waals surface area contributed by atoms with Crippen molar-refractivity contribution in [2.75, 3.05) is 13.2 Å². The average molecular weight is 254 g/mol. The predicted octanol–water partition coefficient (Wildman–Crippen LogP) is 4.51. The van der Waals surface area contributed by atoms with Gasteiger partial charge in [-0.2, -0.15) is 0 Å². The van der Waals surface area contributed by atoms with Crippen molar-refractivity contribution in [2.45, 2.75) is 65.6 Å². The van der Waals surface area contributed by atoms with Crippen molar-refractivity contribution in [3.8, 4) is 0 Å². The molecule has 0 heterocycles. The van der Waals surface area contributed by atoms with Crippen LogP contribution in [-0.4, -0.2) is 24.4 Å². The van der Waals surface area contributed by atoms with Crippen molar-refractivity contribution in [1.29, 1.82) is 0 Å². The number of rotatable bonds is 9. The van der Waals surface area contributed by atoms with Crippen molar-refractivity contribution >= 4 is 0 Å². The first kappa shape index (κ1) is 17.4. The first-order valence-corrected chi connectivity index (χ1v) is 6.61. The van der Waals surface area contributed by atoms with Gasteiger partial charge < -0.3 is 9.47 Å². The highest BCUT2D eigenvalue weighted by Crippen LogP contribution is 2.22. The molecule has 0 radical (unpaired) electrons. The quantitative estimate of drug-likeness (QED) is 0.564. The van der Waals surface area contributed by atoms with E-state index in [2.05, 4.69) is 40.9 Å². The molecule has 0 N–H and O–H groups in total. The van der Waals surface area contributed by atoms with Gasteiger partial charge in [-0.3, -0.25) is 0 Å². The molecular formula is C16H30O2. The third-order valence-electron chi connectivity index (χ3n) is 2.63. The van der Waals surface area contributed by atoms with Crippen LogP contribution in [0.25, 0.3) is 0 Å². The van der Waals surface area contributed by atoms with Gasteiger partial charge >= 0.3 is 0 Å². The lowest BCUT2D eigenvalue weighted by atomic mass is 10.00. The monoisotopic (exact) mass is 254 g/mol. The summed E-state index contributed by atoms with van der Waals surface area (Å²) in [6.45, 7) is 21.5. The Morgan fingerprint density at radius 2 is 1.44 bits per heavy atom. The molecule has 0 aromatic carbocycles. The molecule has 0 atom stereocenters. The zero-order chi connectivity index (χ0) is 14.4. The summed E-state index contributed by atoms with van der Waals surface area (Å²) in [5.41, 5.74) is 1.89. The maximum absolute atomic E-state index is 5.92. The highest BCUT2D eigenvalue weighted by molar-refractivity contribution is 4.95. The Hall–Kier alpha value is -0.600. The van der Waals surface area contributed by atoms with Crippen LogP contribution in [0.2, 0.25) is 0 Å². The minimum absolute atomic E-state index is 0.143. The number of hydrogen-bond donors (Lipinski definition) is 0. The predicted molar refractivity (Wildman–Crippen MR) is 78.9 cm³/mol. The molecule has 18 heavy (non-hydrogen) atoms. The minimum Gasteiger partial charge on any atom is -0.375 e. The van der Waals surface area contributed by atoms with E-state index in [0.717, 1.165) is 24.0 Å². The second-order valence-corrected chi connectivity index (χ2v) is 6.50. The van der Waals surface area contributed by atoms with Gasteiger partial charge in [-0.25, -0.2) is 0 Å². The van der Waals surface area contributed by atoms with Crippen LogP contribution in [0.3, 0.4) is 0 Å². The van der Waals surface area contributed by atoms with Crippen LogP contribution in [0.15, 0.2) is 24.3 Å². The van der Waals surface area contributed by atoms with Crippen molar-refractivity contribution < 1.29 is 9.47 Å². The number of hydrogen-bond acceptors (Lipinski definition) is 2. The maximum Gasteiger partial charge on any atom is 0.0678 e. The molecule has 106 valence electrons. The second kappa shape index (κ2) is 7.10. The fraction of sp³-hybridized carbons (Fsp3) is 0.750. The summed E-state index contributed by atoms with van der Waals surface area (Å²) in [6.07, 6.45) is 1.76. The van der Waals surface area contributed by atoms with Crippen LogP contribution in [0.5, 0.6) is 0 Å². The molecule has 0 aromatic heterocycles. The summed E-state index contributed by atoms with van der Waals surface area (Å²) in [5.74, 6) is 0. The molecule has 0 aromatic rings. The van der Waals surface area contributed by atoms with E-state index in [1.54, 1.807) is 0 Å². The van der Waals surface area contributed by atoms with Gasteiger partial charge in [0.05, 0.1) is 24.4 Å². The van der Waals surface area contributed by atoms with E-state index < -0.39 is 0 Å². The first-order valence-electron chi connectivity index (χ1n) is 6.61. The minimum atomic E-state index is -0.168. The summed E-state index contributed by atoms with van der Waals surface area (Å²) in [5, 5.41) is 0. The van der Waals surface area contributed by atoms with Gasteiger partial charge in [-0.05, 0) is 54.4 Å². The van der Waals surface area contributed by atoms with Gasteiger partial charge in [-0.1, -0.05) is 17.7 Å². The SMILES string of the molecule is C=C(C)COC(C)(C)CCOC(C)(C)CC(=C)C. The molecule has 0 aliphatic rings. The molecule has 0 rings (SSSR count). The molecule has 0 fully saturated rings. The molecule has 0 saturated heterocycles. The average Bonchev–Trinajstić information content (AvgIpc) is 2.12. The van der Waals surface area contributed by atoms with Crippen LogP contribution in [-0.2, 0) is 9.47 Å². The zero-order valence-corrected chi connectivity index (χ0v) is 13.1. The van der Waals surface area contributed by atoms with Gasteiger partial charge in [0.25, 0.3) is 0 Å². The van der Waals surface area contributed by atoms with E-state index in [9.17, 15) is 0 Å². The van der Waals surface area contributed by atoms with Gasteiger partial charge in [-0.15, -0.1) is 6.58 Å². The van der Waals surface area contributed by atoms with E-state index in [0.29, 0.717) is 13.2 Å². The molecule has 0 unspecified atom stereocenters. The molecule has 0 saturated carbocycles. The maximum atomic E-state index is 5.92. The summed E-state index contributed by atoms with van der Waals surface area (Å²) in [7, 11) is 0. The Morgan fingerprint density at radius 1 is 0.889 bits per heavy atom. The van der Waals surface area contributed by atoms with Gasteiger partial charge in [0.1, 0.15) is 0 Å². The Morgan fingerprint density at radius 3 is 1.89 bits per heavy atom. The van der Waals surface area contributed by atoms with Crippen molar-refractivity contribution in [2.24, 2.45) is 0 Å². The van der Waals surface area contributed by atoms with E-state index in [1.807, 2.05) is 13.8 Å². The van der Waals surface area contributed by atoms with Crippen molar-refractivity contribution in [3.63, 3.8) is 0 Å². The van der Waals surface area contributed by atoms with Gasteiger partial charge in [0.2, 0.25) is 0 Å². The molecule has 2 heteroatoms. The van der Waals surface area contributed by atoms with Crippen LogP contribution in [0.1, 0.15) is 54.4 Å². The molecule has 0 bridgehead atoms. The molecule has 0 amide bonds. The van der Waals surface area contributed by atoms with Crippen LogP contribution >= 0.6 is 0 Å². The Balaban J connectivity index is 4.01. The zero-order valence-electron chi connectivity index (χ0n) is 13.1. The second-order valence-electron chi connectivity index (χ2n) is 6.50. The summed E-state index contributed by atoms with van der Waals surface area (Å²) >= 11 is 0. The highest BCUT2D eigenvalue weighted by atomic mass is 16.5. The van der Waals surface area contributed by atoms with E-state index >= 15 is 0 Å². The fourth-order valence-corrected chi connectivity index (χ4v) is 1.74.